The topological polar surface area (TPSA) is 38.8 Å². The maximum Gasteiger partial charge on any atom is 0.412 e. The van der Waals surface area contributed by atoms with Crippen LogP contribution in [0.1, 0.15) is 41.5 Å². The summed E-state index contributed by atoms with van der Waals surface area (Å²) < 4.78 is 10.9. The third-order valence-electron chi connectivity index (χ3n) is 2.19. The predicted molar refractivity (Wildman–Crippen MR) is 57.6 cm³/mol. The Morgan fingerprint density at radius 2 is 2.00 bits per heavy atom. The van der Waals surface area contributed by atoms with Crippen LogP contribution in [0.3, 0.4) is 0 Å². The van der Waals surface area contributed by atoms with Gasteiger partial charge in [-0.25, -0.2) is 4.79 Å². The van der Waals surface area contributed by atoms with E-state index in [4.69, 9.17) is 9.47 Å². The molecule has 1 saturated heterocycles. The summed E-state index contributed by atoms with van der Waals surface area (Å²) in [5.74, 6) is 0. The number of hydrogen-bond donors (Lipinski definition) is 0. The van der Waals surface area contributed by atoms with Gasteiger partial charge in [-0.1, -0.05) is 0 Å². The minimum atomic E-state index is -0.568. The van der Waals surface area contributed by atoms with Crippen LogP contribution in [0.4, 0.5) is 4.79 Å². The van der Waals surface area contributed by atoms with Gasteiger partial charge in [0.25, 0.3) is 0 Å². The molecule has 88 valence electrons. The molecule has 0 radical (unpaired) electrons. The van der Waals surface area contributed by atoms with Gasteiger partial charge in [-0.3, -0.25) is 4.90 Å². The number of hydrogen-bond acceptors (Lipinski definition) is 3. The van der Waals surface area contributed by atoms with Crippen molar-refractivity contribution >= 4 is 6.09 Å². The molecule has 0 bridgehead atoms. The highest BCUT2D eigenvalue weighted by Gasteiger charge is 2.42. The third kappa shape index (κ3) is 3.09. The minimum Gasteiger partial charge on any atom is -0.444 e. The van der Waals surface area contributed by atoms with Crippen LogP contribution in [0.25, 0.3) is 0 Å². The summed E-state index contributed by atoms with van der Waals surface area (Å²) in [6, 6.07) is 0. The molecule has 0 aromatic heterocycles. The molecule has 0 saturated carbocycles. The van der Waals surface area contributed by atoms with Crippen LogP contribution >= 0.6 is 0 Å². The van der Waals surface area contributed by atoms with Crippen molar-refractivity contribution in [1.29, 1.82) is 0 Å². The zero-order valence-corrected chi connectivity index (χ0v) is 10.5. The number of ether oxygens (including phenoxy) is 2. The molecule has 1 amide bonds. The lowest BCUT2D eigenvalue weighted by Gasteiger charge is -2.31. The van der Waals surface area contributed by atoms with Crippen molar-refractivity contribution in [2.24, 2.45) is 0 Å². The molecule has 1 fully saturated rings. The van der Waals surface area contributed by atoms with E-state index in [1.807, 2.05) is 41.5 Å². The fourth-order valence-electron chi connectivity index (χ4n) is 1.68. The number of rotatable bonds is 0. The Balaban J connectivity index is 2.68. The van der Waals surface area contributed by atoms with E-state index in [9.17, 15) is 4.79 Å². The first kappa shape index (κ1) is 12.3. The highest BCUT2D eigenvalue weighted by molar-refractivity contribution is 5.69. The first-order valence-electron chi connectivity index (χ1n) is 5.30. The third-order valence-corrected chi connectivity index (χ3v) is 2.19. The average Bonchev–Trinajstić information content (AvgIpc) is 2.20. The Hall–Kier alpha value is -0.770. The lowest BCUT2D eigenvalue weighted by atomic mass is 10.2. The van der Waals surface area contributed by atoms with E-state index in [0.29, 0.717) is 6.54 Å². The largest absolute Gasteiger partial charge is 0.444 e. The van der Waals surface area contributed by atoms with Crippen LogP contribution < -0.4 is 0 Å². The first-order chi connectivity index (χ1) is 6.62. The maximum atomic E-state index is 11.8. The van der Waals surface area contributed by atoms with E-state index in [-0.39, 0.29) is 12.2 Å². The van der Waals surface area contributed by atoms with Gasteiger partial charge in [0.15, 0.2) is 0 Å². The van der Waals surface area contributed by atoms with Crippen molar-refractivity contribution in [3.05, 3.63) is 0 Å². The molecule has 0 spiro atoms. The molecule has 4 heteroatoms. The highest BCUT2D eigenvalue weighted by Crippen LogP contribution is 2.28. The van der Waals surface area contributed by atoms with E-state index in [1.165, 1.54) is 0 Å². The van der Waals surface area contributed by atoms with Crippen molar-refractivity contribution in [1.82, 2.24) is 4.90 Å². The fraction of sp³-hybridized carbons (Fsp3) is 0.909. The average molecular weight is 215 g/mol. The minimum absolute atomic E-state index is 0.0625. The number of carbonyl (C=O) groups excluding carboxylic acids is 1. The van der Waals surface area contributed by atoms with Crippen LogP contribution in [0.5, 0.6) is 0 Å². The summed E-state index contributed by atoms with van der Waals surface area (Å²) in [7, 11) is 0. The molecular formula is C11H21NO3. The fourth-order valence-corrected chi connectivity index (χ4v) is 1.68. The zero-order chi connectivity index (χ0) is 11.9. The normalized spacial score (nSPS) is 25.5. The standard InChI is InChI=1S/C11H21NO3/c1-8-7-12(11(5,6)14-8)9(13)15-10(2,3)4/h8H,7H2,1-6H3/t8-/m0/s1. The van der Waals surface area contributed by atoms with Gasteiger partial charge in [0.1, 0.15) is 11.3 Å². The number of nitrogens with zero attached hydrogens (tertiary/aromatic N) is 1. The number of amides is 1. The maximum absolute atomic E-state index is 11.8. The summed E-state index contributed by atoms with van der Waals surface area (Å²) in [5, 5.41) is 0. The summed E-state index contributed by atoms with van der Waals surface area (Å²) in [4.78, 5) is 13.5. The second kappa shape index (κ2) is 3.67. The Labute approximate surface area is 91.5 Å². The molecule has 1 heterocycles. The smallest absolute Gasteiger partial charge is 0.412 e. The lowest BCUT2D eigenvalue weighted by Crippen LogP contribution is -2.46. The van der Waals surface area contributed by atoms with Crippen molar-refractivity contribution in [3.8, 4) is 0 Å². The summed E-state index contributed by atoms with van der Waals surface area (Å²) in [5.41, 5.74) is -1.03. The quantitative estimate of drug-likeness (QED) is 0.622. The predicted octanol–water partition coefficient (Wildman–Crippen LogP) is 2.38. The van der Waals surface area contributed by atoms with Crippen LogP contribution in [0.2, 0.25) is 0 Å². The Morgan fingerprint density at radius 3 is 2.33 bits per heavy atom. The Bertz CT molecular complexity index is 255. The van der Waals surface area contributed by atoms with Crippen LogP contribution in [-0.2, 0) is 9.47 Å². The molecule has 0 aliphatic carbocycles. The summed E-state index contributed by atoms with van der Waals surface area (Å²) in [6.07, 6.45) is -0.246. The SMILES string of the molecule is C[C@H]1CN(C(=O)OC(C)(C)C)C(C)(C)O1. The molecule has 1 rings (SSSR count). The van der Waals surface area contributed by atoms with Gasteiger partial charge in [0.2, 0.25) is 0 Å². The van der Waals surface area contributed by atoms with Crippen LogP contribution in [0, 0.1) is 0 Å². The van der Waals surface area contributed by atoms with Crippen molar-refractivity contribution in [3.63, 3.8) is 0 Å². The Morgan fingerprint density at radius 1 is 1.47 bits per heavy atom. The van der Waals surface area contributed by atoms with Gasteiger partial charge in [0, 0.05) is 0 Å². The molecule has 1 atom stereocenters. The van der Waals surface area contributed by atoms with Crippen molar-refractivity contribution in [2.75, 3.05) is 6.54 Å². The van der Waals surface area contributed by atoms with Gasteiger partial charge >= 0.3 is 6.09 Å². The Kier molecular flexibility index (Phi) is 3.01. The van der Waals surface area contributed by atoms with E-state index in [2.05, 4.69) is 0 Å². The van der Waals surface area contributed by atoms with E-state index >= 15 is 0 Å². The summed E-state index contributed by atoms with van der Waals surface area (Å²) >= 11 is 0. The molecule has 1 aliphatic heterocycles. The molecule has 0 unspecified atom stereocenters. The second-order valence-electron chi connectivity index (χ2n) is 5.47. The van der Waals surface area contributed by atoms with Gasteiger partial charge < -0.3 is 9.47 Å². The molecule has 4 nitrogen and oxygen atoms in total. The lowest BCUT2D eigenvalue weighted by molar-refractivity contribution is -0.0745. The zero-order valence-electron chi connectivity index (χ0n) is 10.5. The van der Waals surface area contributed by atoms with Crippen molar-refractivity contribution in [2.45, 2.75) is 59.0 Å². The van der Waals surface area contributed by atoms with E-state index < -0.39 is 11.3 Å². The van der Waals surface area contributed by atoms with Gasteiger partial charge in [-0.05, 0) is 41.5 Å². The molecule has 0 aromatic carbocycles. The van der Waals surface area contributed by atoms with E-state index in [1.54, 1.807) is 4.90 Å². The van der Waals surface area contributed by atoms with Crippen LogP contribution in [0.15, 0.2) is 0 Å². The first-order valence-corrected chi connectivity index (χ1v) is 5.30. The highest BCUT2D eigenvalue weighted by atomic mass is 16.6. The molecule has 0 N–H and O–H groups in total. The monoisotopic (exact) mass is 215 g/mol. The van der Waals surface area contributed by atoms with Gasteiger partial charge in [0.05, 0.1) is 12.6 Å². The molecule has 15 heavy (non-hydrogen) atoms. The molecule has 0 aromatic rings. The van der Waals surface area contributed by atoms with Gasteiger partial charge in [-0.15, -0.1) is 0 Å². The number of carbonyl (C=O) groups is 1. The van der Waals surface area contributed by atoms with Crippen LogP contribution in [-0.4, -0.2) is 35.0 Å². The molecule has 1 aliphatic rings. The summed E-state index contributed by atoms with van der Waals surface area (Å²) in [6.45, 7) is 11.9. The van der Waals surface area contributed by atoms with Gasteiger partial charge in [-0.2, -0.15) is 0 Å². The van der Waals surface area contributed by atoms with E-state index in [0.717, 1.165) is 0 Å². The molecular weight excluding hydrogens is 194 g/mol. The van der Waals surface area contributed by atoms with Crippen molar-refractivity contribution < 1.29 is 14.3 Å². The second-order valence-corrected chi connectivity index (χ2v) is 5.47.